The van der Waals surface area contributed by atoms with Crippen molar-refractivity contribution in [1.29, 1.82) is 0 Å². The molecule has 0 aromatic heterocycles. The second-order valence-corrected chi connectivity index (χ2v) is 8.55. The van der Waals surface area contributed by atoms with Crippen molar-refractivity contribution >= 4 is 34.0 Å². The summed E-state index contributed by atoms with van der Waals surface area (Å²) in [5.74, 6) is 0.868. The summed E-state index contributed by atoms with van der Waals surface area (Å²) in [5, 5.41) is 3.96. The quantitative estimate of drug-likeness (QED) is 0.110. The molecule has 0 saturated carbocycles. The summed E-state index contributed by atoms with van der Waals surface area (Å²) >= 11 is 3.35. The van der Waals surface area contributed by atoms with Crippen molar-refractivity contribution in [1.82, 2.24) is 5.43 Å². The van der Waals surface area contributed by atoms with Crippen LogP contribution in [-0.2, 0) is 4.79 Å². The molecule has 0 aliphatic carbocycles. The second kappa shape index (κ2) is 13.3. The normalized spacial score (nSPS) is 11.6. The Morgan fingerprint density at radius 2 is 1.57 bits per heavy atom. The van der Waals surface area contributed by atoms with Gasteiger partial charge in [-0.3, -0.25) is 4.79 Å². The zero-order chi connectivity index (χ0) is 25.0. The summed E-state index contributed by atoms with van der Waals surface area (Å²) in [6.07, 6.45) is 2.82. The van der Waals surface area contributed by atoms with Crippen LogP contribution in [0.1, 0.15) is 42.6 Å². The predicted octanol–water partition coefficient (Wildman–Crippen LogP) is 5.76. The van der Waals surface area contributed by atoms with Crippen molar-refractivity contribution in [3.8, 4) is 17.2 Å². The Bertz CT molecular complexity index is 1130. The van der Waals surface area contributed by atoms with Crippen molar-refractivity contribution in [2.24, 2.45) is 5.10 Å². The van der Waals surface area contributed by atoms with Gasteiger partial charge in [-0.15, -0.1) is 0 Å². The number of nitrogens with one attached hydrogen (secondary N) is 1. The van der Waals surface area contributed by atoms with Crippen LogP contribution in [0.3, 0.4) is 0 Å². The highest BCUT2D eigenvalue weighted by Gasteiger charge is 2.14. The molecular formula is C27H27BrN2O5. The molecule has 7 nitrogen and oxygen atoms in total. The average Bonchev–Trinajstić information content (AvgIpc) is 2.87. The van der Waals surface area contributed by atoms with Crippen LogP contribution >= 0.6 is 15.9 Å². The van der Waals surface area contributed by atoms with E-state index in [0.29, 0.717) is 23.7 Å². The van der Waals surface area contributed by atoms with Gasteiger partial charge in [0.2, 0.25) is 0 Å². The number of halogens is 1. The fourth-order valence-corrected chi connectivity index (χ4v) is 3.11. The summed E-state index contributed by atoms with van der Waals surface area (Å²) in [5.41, 5.74) is 3.61. The molecule has 35 heavy (non-hydrogen) atoms. The molecule has 182 valence electrons. The first kappa shape index (κ1) is 26.0. The van der Waals surface area contributed by atoms with E-state index in [1.807, 2.05) is 12.1 Å². The maximum absolute atomic E-state index is 12.4. The van der Waals surface area contributed by atoms with E-state index in [1.54, 1.807) is 67.6 Å². The Balaban J connectivity index is 1.46. The molecule has 0 fully saturated rings. The molecule has 0 bridgehead atoms. The Labute approximate surface area is 213 Å². The Morgan fingerprint density at radius 3 is 2.23 bits per heavy atom. The molecule has 0 aliphatic rings. The number of amides is 1. The lowest BCUT2D eigenvalue weighted by Gasteiger charge is -2.12. The fourth-order valence-electron chi connectivity index (χ4n) is 2.84. The van der Waals surface area contributed by atoms with Gasteiger partial charge in [0.25, 0.3) is 5.91 Å². The van der Waals surface area contributed by atoms with Gasteiger partial charge >= 0.3 is 5.97 Å². The number of hydrogen-bond acceptors (Lipinski definition) is 6. The second-order valence-electron chi connectivity index (χ2n) is 7.63. The molecule has 3 aromatic carbocycles. The first-order valence-corrected chi connectivity index (χ1v) is 12.0. The highest BCUT2D eigenvalue weighted by atomic mass is 79.9. The minimum Gasteiger partial charge on any atom is -0.494 e. The van der Waals surface area contributed by atoms with Crippen LogP contribution in [0.25, 0.3) is 0 Å². The summed E-state index contributed by atoms with van der Waals surface area (Å²) in [4.78, 5) is 24.6. The minimum atomic E-state index is -0.716. The van der Waals surface area contributed by atoms with Crippen LogP contribution in [0.5, 0.6) is 17.2 Å². The fraction of sp³-hybridized carbons (Fsp3) is 0.222. The van der Waals surface area contributed by atoms with Gasteiger partial charge in [0.05, 0.1) is 18.4 Å². The number of rotatable bonds is 11. The number of carbonyl (C=O) groups is 2. The van der Waals surface area contributed by atoms with Crippen molar-refractivity contribution in [3.63, 3.8) is 0 Å². The van der Waals surface area contributed by atoms with Crippen molar-refractivity contribution in [3.05, 3.63) is 88.4 Å². The van der Waals surface area contributed by atoms with Crippen LogP contribution in [-0.4, -0.2) is 30.8 Å². The van der Waals surface area contributed by atoms with Gasteiger partial charge in [-0.1, -0.05) is 29.3 Å². The summed E-state index contributed by atoms with van der Waals surface area (Å²) < 4.78 is 17.5. The highest BCUT2D eigenvalue weighted by Crippen LogP contribution is 2.18. The molecule has 3 rings (SSSR count). The van der Waals surface area contributed by atoms with Crippen LogP contribution in [0.15, 0.2) is 82.4 Å². The molecule has 0 heterocycles. The smallest absolute Gasteiger partial charge is 0.343 e. The van der Waals surface area contributed by atoms with Gasteiger partial charge in [-0.25, -0.2) is 10.2 Å². The van der Waals surface area contributed by atoms with E-state index in [1.165, 1.54) is 6.21 Å². The lowest BCUT2D eigenvalue weighted by molar-refractivity contribution is -0.127. The van der Waals surface area contributed by atoms with Crippen molar-refractivity contribution in [2.45, 2.75) is 32.8 Å². The Kier molecular flexibility index (Phi) is 9.86. The molecule has 0 unspecified atom stereocenters. The number of hydrogen-bond donors (Lipinski definition) is 1. The zero-order valence-electron chi connectivity index (χ0n) is 19.6. The number of hydrazone groups is 1. The molecule has 0 saturated heterocycles. The third-order valence-electron chi connectivity index (χ3n) is 4.83. The van der Waals surface area contributed by atoms with E-state index in [-0.39, 0.29) is 5.91 Å². The van der Waals surface area contributed by atoms with E-state index >= 15 is 0 Å². The number of esters is 1. The van der Waals surface area contributed by atoms with Crippen LogP contribution in [0.4, 0.5) is 0 Å². The van der Waals surface area contributed by atoms with E-state index in [2.05, 4.69) is 33.4 Å². The van der Waals surface area contributed by atoms with E-state index in [4.69, 9.17) is 14.2 Å². The van der Waals surface area contributed by atoms with Crippen molar-refractivity contribution in [2.75, 3.05) is 6.61 Å². The van der Waals surface area contributed by atoms with E-state index in [9.17, 15) is 9.59 Å². The number of unbranched alkanes of at least 4 members (excludes halogenated alkanes) is 1. The average molecular weight is 539 g/mol. The monoisotopic (exact) mass is 538 g/mol. The molecule has 0 radical (unpaired) electrons. The van der Waals surface area contributed by atoms with Gasteiger partial charge < -0.3 is 14.2 Å². The minimum absolute atomic E-state index is 0.378. The Hall–Kier alpha value is -3.65. The number of benzene rings is 3. The molecule has 3 aromatic rings. The standard InChI is InChI=1S/C27H27BrN2O5/c1-3-4-17-33-23-13-7-21(8-14-23)27(32)35-25-11-5-20(6-12-25)18-29-30-26(31)19(2)34-24-15-9-22(28)10-16-24/h5-16,18-19H,3-4,17H2,1-2H3,(H,30,31)/b29-18-/t19-/m1/s1. The van der Waals surface area contributed by atoms with Gasteiger partial charge in [-0.2, -0.15) is 5.10 Å². The topological polar surface area (TPSA) is 86.2 Å². The summed E-state index contributed by atoms with van der Waals surface area (Å²) in [7, 11) is 0. The van der Waals surface area contributed by atoms with Gasteiger partial charge in [0.15, 0.2) is 6.10 Å². The van der Waals surface area contributed by atoms with Crippen LogP contribution in [0.2, 0.25) is 0 Å². The van der Waals surface area contributed by atoms with Crippen LogP contribution < -0.4 is 19.6 Å². The highest BCUT2D eigenvalue weighted by molar-refractivity contribution is 9.10. The number of nitrogens with zero attached hydrogens (tertiary/aromatic N) is 1. The maximum Gasteiger partial charge on any atom is 0.343 e. The molecule has 1 amide bonds. The van der Waals surface area contributed by atoms with E-state index in [0.717, 1.165) is 28.6 Å². The maximum atomic E-state index is 12.4. The van der Waals surface area contributed by atoms with E-state index < -0.39 is 12.1 Å². The molecule has 0 aliphatic heterocycles. The molecule has 1 N–H and O–H groups in total. The lowest BCUT2D eigenvalue weighted by Crippen LogP contribution is -2.33. The van der Waals surface area contributed by atoms with Gasteiger partial charge in [0.1, 0.15) is 17.2 Å². The van der Waals surface area contributed by atoms with Crippen LogP contribution in [0, 0.1) is 0 Å². The zero-order valence-corrected chi connectivity index (χ0v) is 21.2. The SMILES string of the molecule is CCCCOc1ccc(C(=O)Oc2ccc(/C=N\NC(=O)[C@@H](C)Oc3ccc(Br)cc3)cc2)cc1. The summed E-state index contributed by atoms with van der Waals surface area (Å²) in [6, 6.07) is 20.8. The molecule has 1 atom stereocenters. The third-order valence-corrected chi connectivity index (χ3v) is 5.36. The Morgan fingerprint density at radius 1 is 0.943 bits per heavy atom. The largest absolute Gasteiger partial charge is 0.494 e. The van der Waals surface area contributed by atoms with Gasteiger partial charge in [0, 0.05) is 4.47 Å². The number of carbonyl (C=O) groups excluding carboxylic acids is 2. The first-order chi connectivity index (χ1) is 16.9. The number of ether oxygens (including phenoxy) is 3. The lowest BCUT2D eigenvalue weighted by atomic mass is 10.2. The van der Waals surface area contributed by atoms with Crippen molar-refractivity contribution < 1.29 is 23.8 Å². The first-order valence-electron chi connectivity index (χ1n) is 11.2. The predicted molar refractivity (Wildman–Crippen MR) is 138 cm³/mol. The third kappa shape index (κ3) is 8.57. The summed E-state index contributed by atoms with van der Waals surface area (Å²) in [6.45, 7) is 4.39. The van der Waals surface area contributed by atoms with Gasteiger partial charge in [-0.05, 0) is 91.7 Å². The molecule has 8 heteroatoms. The molecule has 0 spiro atoms. The molecular weight excluding hydrogens is 512 g/mol.